The summed E-state index contributed by atoms with van der Waals surface area (Å²) in [6, 6.07) is 0.104. The highest BCUT2D eigenvalue weighted by molar-refractivity contribution is 4.97. The molecule has 1 aromatic rings. The van der Waals surface area contributed by atoms with E-state index in [9.17, 15) is 0 Å². The van der Waals surface area contributed by atoms with Crippen molar-refractivity contribution in [2.24, 2.45) is 12.8 Å². The monoisotopic (exact) mass is 195 g/mol. The first kappa shape index (κ1) is 11.2. The zero-order chi connectivity index (χ0) is 10.4. The molecule has 0 bridgehead atoms. The largest absolute Gasteiger partial charge is 0.337 e. The number of hydrogen-bond acceptors (Lipinski definition) is 2. The number of hydrogen-bond donors (Lipinski definition) is 1. The van der Waals surface area contributed by atoms with Crippen molar-refractivity contribution >= 4 is 0 Å². The van der Waals surface area contributed by atoms with Crippen molar-refractivity contribution in [1.29, 1.82) is 0 Å². The maximum atomic E-state index is 6.04. The topological polar surface area (TPSA) is 43.8 Å². The van der Waals surface area contributed by atoms with Crippen LogP contribution in [0.1, 0.15) is 50.9 Å². The Bertz CT molecular complexity index is 255. The van der Waals surface area contributed by atoms with Gasteiger partial charge in [-0.15, -0.1) is 0 Å². The third kappa shape index (κ3) is 3.14. The van der Waals surface area contributed by atoms with Gasteiger partial charge >= 0.3 is 0 Å². The molecular weight excluding hydrogens is 174 g/mol. The molecular formula is C11H21N3. The number of rotatable bonds is 6. The molecule has 1 atom stereocenters. The second-order valence-electron chi connectivity index (χ2n) is 3.85. The Balaban J connectivity index is 2.28. The Labute approximate surface area is 86.3 Å². The molecule has 1 rings (SSSR count). The number of nitrogens with zero attached hydrogens (tertiary/aromatic N) is 2. The highest BCUT2D eigenvalue weighted by Gasteiger charge is 2.09. The van der Waals surface area contributed by atoms with Gasteiger partial charge in [-0.05, 0) is 6.42 Å². The molecule has 0 saturated carbocycles. The van der Waals surface area contributed by atoms with Crippen molar-refractivity contribution in [2.75, 3.05) is 0 Å². The van der Waals surface area contributed by atoms with Gasteiger partial charge in [0.2, 0.25) is 0 Å². The molecule has 14 heavy (non-hydrogen) atoms. The van der Waals surface area contributed by atoms with Crippen molar-refractivity contribution in [3.8, 4) is 0 Å². The molecule has 0 aliphatic carbocycles. The third-order valence-electron chi connectivity index (χ3n) is 2.56. The Morgan fingerprint density at radius 2 is 2.21 bits per heavy atom. The van der Waals surface area contributed by atoms with E-state index in [0.29, 0.717) is 0 Å². The van der Waals surface area contributed by atoms with E-state index in [1.807, 2.05) is 17.8 Å². The van der Waals surface area contributed by atoms with Crippen LogP contribution in [0.15, 0.2) is 12.4 Å². The van der Waals surface area contributed by atoms with Crippen LogP contribution in [0.3, 0.4) is 0 Å². The number of aryl methyl sites for hydroxylation is 1. The van der Waals surface area contributed by atoms with E-state index in [0.717, 1.165) is 12.2 Å². The highest BCUT2D eigenvalue weighted by Crippen LogP contribution is 2.15. The standard InChI is InChI=1S/C11H21N3/c1-3-4-5-6-7-10(12)11-13-8-9-14(11)2/h8-10H,3-7,12H2,1-2H3. The summed E-state index contributed by atoms with van der Waals surface area (Å²) in [5.41, 5.74) is 6.04. The molecule has 3 heteroatoms. The fourth-order valence-corrected chi connectivity index (χ4v) is 1.65. The van der Waals surface area contributed by atoms with Gasteiger partial charge in [0, 0.05) is 19.4 Å². The summed E-state index contributed by atoms with van der Waals surface area (Å²) < 4.78 is 2.00. The minimum Gasteiger partial charge on any atom is -0.337 e. The Kier molecular flexibility index (Phi) is 4.66. The summed E-state index contributed by atoms with van der Waals surface area (Å²) in [5, 5.41) is 0. The first-order chi connectivity index (χ1) is 6.75. The Morgan fingerprint density at radius 1 is 1.43 bits per heavy atom. The smallest absolute Gasteiger partial charge is 0.125 e. The van der Waals surface area contributed by atoms with Crippen molar-refractivity contribution < 1.29 is 0 Å². The van der Waals surface area contributed by atoms with Gasteiger partial charge in [0.15, 0.2) is 0 Å². The Hall–Kier alpha value is -0.830. The van der Waals surface area contributed by atoms with Gasteiger partial charge in [0.05, 0.1) is 6.04 Å². The van der Waals surface area contributed by atoms with Gasteiger partial charge < -0.3 is 10.3 Å². The maximum absolute atomic E-state index is 6.04. The van der Waals surface area contributed by atoms with Crippen molar-refractivity contribution in [3.05, 3.63) is 18.2 Å². The summed E-state index contributed by atoms with van der Waals surface area (Å²) in [6.45, 7) is 2.22. The lowest BCUT2D eigenvalue weighted by molar-refractivity contribution is 0.534. The van der Waals surface area contributed by atoms with Gasteiger partial charge in [-0.1, -0.05) is 32.6 Å². The fraction of sp³-hybridized carbons (Fsp3) is 0.727. The number of unbranched alkanes of at least 4 members (excludes halogenated alkanes) is 3. The molecule has 0 radical (unpaired) electrons. The molecule has 0 spiro atoms. The second kappa shape index (κ2) is 5.81. The minimum atomic E-state index is 0.104. The van der Waals surface area contributed by atoms with Gasteiger partial charge in [-0.3, -0.25) is 0 Å². The van der Waals surface area contributed by atoms with Crippen molar-refractivity contribution in [1.82, 2.24) is 9.55 Å². The van der Waals surface area contributed by atoms with Crippen molar-refractivity contribution in [3.63, 3.8) is 0 Å². The number of aromatic nitrogens is 2. The van der Waals surface area contributed by atoms with Crippen LogP contribution in [0, 0.1) is 0 Å². The van der Waals surface area contributed by atoms with Crippen LogP contribution in [0.25, 0.3) is 0 Å². The van der Waals surface area contributed by atoms with E-state index in [1.165, 1.54) is 25.7 Å². The van der Waals surface area contributed by atoms with E-state index in [2.05, 4.69) is 11.9 Å². The van der Waals surface area contributed by atoms with Gasteiger partial charge in [0.1, 0.15) is 5.82 Å². The molecule has 3 nitrogen and oxygen atoms in total. The van der Waals surface area contributed by atoms with E-state index in [-0.39, 0.29) is 6.04 Å². The highest BCUT2D eigenvalue weighted by atomic mass is 15.1. The van der Waals surface area contributed by atoms with Gasteiger partial charge in [-0.25, -0.2) is 4.98 Å². The zero-order valence-corrected chi connectivity index (χ0v) is 9.24. The number of nitrogens with two attached hydrogens (primary N) is 1. The van der Waals surface area contributed by atoms with E-state index in [1.54, 1.807) is 6.20 Å². The zero-order valence-electron chi connectivity index (χ0n) is 9.24. The van der Waals surface area contributed by atoms with Crippen molar-refractivity contribution in [2.45, 2.75) is 45.1 Å². The first-order valence-electron chi connectivity index (χ1n) is 5.48. The van der Waals surface area contributed by atoms with E-state index >= 15 is 0 Å². The van der Waals surface area contributed by atoms with Crippen LogP contribution in [0.2, 0.25) is 0 Å². The van der Waals surface area contributed by atoms with Crippen LogP contribution in [-0.4, -0.2) is 9.55 Å². The predicted octanol–water partition coefficient (Wildman–Crippen LogP) is 2.39. The third-order valence-corrected chi connectivity index (χ3v) is 2.56. The Morgan fingerprint density at radius 3 is 2.79 bits per heavy atom. The normalized spacial score (nSPS) is 13.1. The molecule has 0 saturated heterocycles. The molecule has 2 N–H and O–H groups in total. The van der Waals surface area contributed by atoms with Gasteiger partial charge in [0.25, 0.3) is 0 Å². The number of imidazole rings is 1. The minimum absolute atomic E-state index is 0.104. The predicted molar refractivity (Wildman–Crippen MR) is 58.9 cm³/mol. The summed E-state index contributed by atoms with van der Waals surface area (Å²) in [6.07, 6.45) is 9.88. The fourth-order valence-electron chi connectivity index (χ4n) is 1.65. The molecule has 0 aliphatic rings. The lowest BCUT2D eigenvalue weighted by Crippen LogP contribution is -2.15. The summed E-state index contributed by atoms with van der Waals surface area (Å²) in [4.78, 5) is 4.25. The molecule has 1 unspecified atom stereocenters. The van der Waals surface area contributed by atoms with Crippen LogP contribution in [0.4, 0.5) is 0 Å². The molecule has 0 fully saturated rings. The average Bonchev–Trinajstić information content (AvgIpc) is 2.59. The molecule has 0 aliphatic heterocycles. The average molecular weight is 195 g/mol. The van der Waals surface area contributed by atoms with Crippen LogP contribution in [-0.2, 0) is 7.05 Å². The summed E-state index contributed by atoms with van der Waals surface area (Å²) in [7, 11) is 1.99. The van der Waals surface area contributed by atoms with Crippen LogP contribution < -0.4 is 5.73 Å². The first-order valence-corrected chi connectivity index (χ1v) is 5.48. The molecule has 80 valence electrons. The van der Waals surface area contributed by atoms with E-state index < -0.39 is 0 Å². The second-order valence-corrected chi connectivity index (χ2v) is 3.85. The van der Waals surface area contributed by atoms with Gasteiger partial charge in [-0.2, -0.15) is 0 Å². The SMILES string of the molecule is CCCCCCC(N)c1nccn1C. The molecule has 1 heterocycles. The van der Waals surface area contributed by atoms with Crippen LogP contribution >= 0.6 is 0 Å². The van der Waals surface area contributed by atoms with E-state index in [4.69, 9.17) is 5.73 Å². The lowest BCUT2D eigenvalue weighted by Gasteiger charge is -2.10. The molecule has 0 amide bonds. The molecule has 1 aromatic heterocycles. The maximum Gasteiger partial charge on any atom is 0.125 e. The molecule has 0 aromatic carbocycles. The quantitative estimate of drug-likeness (QED) is 0.708. The summed E-state index contributed by atoms with van der Waals surface area (Å²) in [5.74, 6) is 1.00. The van der Waals surface area contributed by atoms with Crippen LogP contribution in [0.5, 0.6) is 0 Å². The summed E-state index contributed by atoms with van der Waals surface area (Å²) >= 11 is 0. The lowest BCUT2D eigenvalue weighted by atomic mass is 10.1.